The largest absolute Gasteiger partial charge is 0.381 e. The maximum Gasteiger partial charge on any atom is 0.0551 e. The Morgan fingerprint density at radius 2 is 2.19 bits per heavy atom. The zero-order valence-electron chi connectivity index (χ0n) is 12.8. The lowest BCUT2D eigenvalue weighted by molar-refractivity contribution is -0.00323. The van der Waals surface area contributed by atoms with Gasteiger partial charge in [0, 0.05) is 43.4 Å². The van der Waals surface area contributed by atoms with Gasteiger partial charge >= 0.3 is 0 Å². The highest BCUT2D eigenvalue weighted by Gasteiger charge is 2.37. The summed E-state index contributed by atoms with van der Waals surface area (Å²) in [5.41, 5.74) is 3.27. The summed E-state index contributed by atoms with van der Waals surface area (Å²) in [6.45, 7) is 5.30. The SMILES string of the molecule is c1ccc2c(c1)CCN2CC1(CNC2CC2)CCCOC1. The number of nitrogens with zero attached hydrogens (tertiary/aromatic N) is 1. The number of rotatable bonds is 5. The molecule has 0 aromatic heterocycles. The first-order valence-corrected chi connectivity index (χ1v) is 8.49. The van der Waals surface area contributed by atoms with Crippen LogP contribution in [-0.2, 0) is 11.2 Å². The fraction of sp³-hybridized carbons (Fsp3) is 0.667. The molecule has 3 heteroatoms. The molecule has 4 rings (SSSR count). The minimum atomic E-state index is 0.304. The van der Waals surface area contributed by atoms with Crippen LogP contribution in [0.15, 0.2) is 24.3 Å². The third-order valence-corrected chi connectivity index (χ3v) is 5.26. The van der Waals surface area contributed by atoms with Crippen molar-refractivity contribution in [3.05, 3.63) is 29.8 Å². The van der Waals surface area contributed by atoms with Gasteiger partial charge in [-0.05, 0) is 43.7 Å². The van der Waals surface area contributed by atoms with Crippen LogP contribution in [-0.4, -0.2) is 38.9 Å². The van der Waals surface area contributed by atoms with Crippen molar-refractivity contribution in [1.82, 2.24) is 5.32 Å². The lowest BCUT2D eigenvalue weighted by Crippen LogP contribution is -2.49. The Bertz CT molecular complexity index is 492. The van der Waals surface area contributed by atoms with E-state index in [1.165, 1.54) is 49.9 Å². The number of fused-ring (bicyclic) bond motifs is 1. The fourth-order valence-electron chi connectivity index (χ4n) is 3.85. The first kappa shape index (κ1) is 13.6. The normalized spacial score (nSPS) is 28.7. The molecule has 2 fully saturated rings. The van der Waals surface area contributed by atoms with Crippen molar-refractivity contribution >= 4 is 5.69 Å². The van der Waals surface area contributed by atoms with Crippen molar-refractivity contribution in [2.24, 2.45) is 5.41 Å². The van der Waals surface area contributed by atoms with Crippen LogP contribution in [0.3, 0.4) is 0 Å². The lowest BCUT2D eigenvalue weighted by Gasteiger charge is -2.41. The maximum absolute atomic E-state index is 5.87. The fourth-order valence-corrected chi connectivity index (χ4v) is 3.85. The monoisotopic (exact) mass is 286 g/mol. The van der Waals surface area contributed by atoms with Gasteiger partial charge < -0.3 is 15.0 Å². The summed E-state index contributed by atoms with van der Waals surface area (Å²) in [4.78, 5) is 2.60. The number of nitrogens with one attached hydrogen (secondary N) is 1. The van der Waals surface area contributed by atoms with Crippen molar-refractivity contribution in [3.8, 4) is 0 Å². The molecule has 0 radical (unpaired) electrons. The summed E-state index contributed by atoms with van der Waals surface area (Å²) in [6.07, 6.45) is 6.43. The number of anilines is 1. The summed E-state index contributed by atoms with van der Waals surface area (Å²) in [5, 5.41) is 3.76. The van der Waals surface area contributed by atoms with Crippen molar-refractivity contribution in [1.29, 1.82) is 0 Å². The van der Waals surface area contributed by atoms with Gasteiger partial charge in [-0.3, -0.25) is 0 Å². The van der Waals surface area contributed by atoms with Crippen molar-refractivity contribution in [2.75, 3.05) is 37.7 Å². The molecule has 1 saturated heterocycles. The Kier molecular flexibility index (Phi) is 3.64. The molecule has 1 aliphatic carbocycles. The number of hydrogen-bond donors (Lipinski definition) is 1. The third kappa shape index (κ3) is 2.95. The Morgan fingerprint density at radius 1 is 1.29 bits per heavy atom. The molecule has 3 nitrogen and oxygen atoms in total. The molecule has 1 saturated carbocycles. The highest BCUT2D eigenvalue weighted by Crippen LogP contribution is 2.35. The molecule has 3 aliphatic rings. The predicted octanol–water partition coefficient (Wildman–Crippen LogP) is 2.60. The second kappa shape index (κ2) is 5.62. The molecule has 0 amide bonds. The zero-order valence-corrected chi connectivity index (χ0v) is 12.8. The smallest absolute Gasteiger partial charge is 0.0551 e. The number of para-hydroxylation sites is 1. The van der Waals surface area contributed by atoms with Crippen LogP contribution >= 0.6 is 0 Å². The molecule has 0 spiro atoms. The Morgan fingerprint density at radius 3 is 3.00 bits per heavy atom. The average molecular weight is 286 g/mol. The standard InChI is InChI=1S/C18H26N2O/c1-2-5-17-15(4-1)8-10-20(17)13-18(9-3-11-21-14-18)12-19-16-6-7-16/h1-2,4-5,16,19H,3,6-14H2. The maximum atomic E-state index is 5.87. The number of benzene rings is 1. The molecule has 21 heavy (non-hydrogen) atoms. The molecule has 2 heterocycles. The summed E-state index contributed by atoms with van der Waals surface area (Å²) in [5.74, 6) is 0. The summed E-state index contributed by atoms with van der Waals surface area (Å²) >= 11 is 0. The van der Waals surface area contributed by atoms with Crippen molar-refractivity contribution < 1.29 is 4.74 Å². The molecule has 1 aromatic carbocycles. The average Bonchev–Trinajstić information content (AvgIpc) is 3.28. The molecule has 1 aromatic rings. The van der Waals surface area contributed by atoms with Crippen LogP contribution in [0.25, 0.3) is 0 Å². The molecule has 2 aliphatic heterocycles. The Balaban J connectivity index is 1.48. The van der Waals surface area contributed by atoms with Gasteiger partial charge in [-0.1, -0.05) is 18.2 Å². The van der Waals surface area contributed by atoms with E-state index in [2.05, 4.69) is 34.5 Å². The number of hydrogen-bond acceptors (Lipinski definition) is 3. The highest BCUT2D eigenvalue weighted by atomic mass is 16.5. The van der Waals surface area contributed by atoms with Gasteiger partial charge in [-0.2, -0.15) is 0 Å². The molecular weight excluding hydrogens is 260 g/mol. The minimum Gasteiger partial charge on any atom is -0.381 e. The lowest BCUT2D eigenvalue weighted by atomic mass is 9.81. The van der Waals surface area contributed by atoms with E-state index in [0.717, 1.165) is 32.3 Å². The second-order valence-electron chi connectivity index (χ2n) is 7.11. The molecule has 0 bridgehead atoms. The van der Waals surface area contributed by atoms with Gasteiger partial charge in [0.25, 0.3) is 0 Å². The van der Waals surface area contributed by atoms with Crippen LogP contribution in [0, 0.1) is 5.41 Å². The molecular formula is C18H26N2O. The van der Waals surface area contributed by atoms with E-state index in [4.69, 9.17) is 4.74 Å². The van der Waals surface area contributed by atoms with Gasteiger partial charge in [0.15, 0.2) is 0 Å². The van der Waals surface area contributed by atoms with E-state index in [0.29, 0.717) is 5.41 Å². The van der Waals surface area contributed by atoms with Crippen molar-refractivity contribution in [3.63, 3.8) is 0 Å². The van der Waals surface area contributed by atoms with Gasteiger partial charge in [-0.25, -0.2) is 0 Å². The van der Waals surface area contributed by atoms with E-state index in [9.17, 15) is 0 Å². The van der Waals surface area contributed by atoms with E-state index < -0.39 is 0 Å². The Hall–Kier alpha value is -1.06. The van der Waals surface area contributed by atoms with Crippen LogP contribution in [0.1, 0.15) is 31.2 Å². The second-order valence-corrected chi connectivity index (χ2v) is 7.11. The van der Waals surface area contributed by atoms with Crippen LogP contribution in [0.4, 0.5) is 5.69 Å². The van der Waals surface area contributed by atoms with Crippen LogP contribution in [0.2, 0.25) is 0 Å². The molecule has 1 unspecified atom stereocenters. The van der Waals surface area contributed by atoms with Crippen molar-refractivity contribution in [2.45, 2.75) is 38.1 Å². The third-order valence-electron chi connectivity index (χ3n) is 5.26. The zero-order chi connectivity index (χ0) is 14.1. The summed E-state index contributed by atoms with van der Waals surface area (Å²) in [7, 11) is 0. The first-order valence-electron chi connectivity index (χ1n) is 8.49. The topological polar surface area (TPSA) is 24.5 Å². The summed E-state index contributed by atoms with van der Waals surface area (Å²) < 4.78 is 5.87. The molecule has 114 valence electrons. The Labute approximate surface area is 127 Å². The summed E-state index contributed by atoms with van der Waals surface area (Å²) in [6, 6.07) is 9.69. The van der Waals surface area contributed by atoms with E-state index in [-0.39, 0.29) is 0 Å². The highest BCUT2D eigenvalue weighted by molar-refractivity contribution is 5.58. The van der Waals surface area contributed by atoms with E-state index in [1.807, 2.05) is 0 Å². The van der Waals surface area contributed by atoms with E-state index >= 15 is 0 Å². The molecule has 1 atom stereocenters. The molecule has 1 N–H and O–H groups in total. The predicted molar refractivity (Wildman–Crippen MR) is 85.9 cm³/mol. The quantitative estimate of drug-likeness (QED) is 0.900. The first-order chi connectivity index (χ1) is 10.3. The van der Waals surface area contributed by atoms with Gasteiger partial charge in [0.05, 0.1) is 6.61 Å². The minimum absolute atomic E-state index is 0.304. The number of ether oxygens (including phenoxy) is 1. The van der Waals surface area contributed by atoms with Gasteiger partial charge in [0.1, 0.15) is 0 Å². The van der Waals surface area contributed by atoms with Crippen LogP contribution in [0.5, 0.6) is 0 Å². The van der Waals surface area contributed by atoms with Gasteiger partial charge in [0.2, 0.25) is 0 Å². The van der Waals surface area contributed by atoms with E-state index in [1.54, 1.807) is 0 Å². The van der Waals surface area contributed by atoms with Gasteiger partial charge in [-0.15, -0.1) is 0 Å². The van der Waals surface area contributed by atoms with Crippen LogP contribution < -0.4 is 10.2 Å².